The maximum atomic E-state index is 7.43. The second kappa shape index (κ2) is 6.06. The molecule has 15 heavy (non-hydrogen) atoms. The summed E-state index contributed by atoms with van der Waals surface area (Å²) in [7, 11) is 0. The average molecular weight is 206 g/mol. The molecule has 0 saturated heterocycles. The monoisotopic (exact) mass is 206 g/mol. The molecule has 1 aromatic carbocycles. The SMILES string of the molecule is CCOC(=N)CCNc1ccc(C)cc1. The minimum Gasteiger partial charge on any atom is -0.481 e. The number of benzene rings is 1. The summed E-state index contributed by atoms with van der Waals surface area (Å²) in [5.41, 5.74) is 2.34. The Kier molecular flexibility index (Phi) is 4.68. The lowest BCUT2D eigenvalue weighted by Gasteiger charge is -2.07. The van der Waals surface area contributed by atoms with Gasteiger partial charge in [0.25, 0.3) is 0 Å². The highest BCUT2D eigenvalue weighted by molar-refractivity contribution is 5.73. The molecular weight excluding hydrogens is 188 g/mol. The van der Waals surface area contributed by atoms with E-state index in [-0.39, 0.29) is 0 Å². The first kappa shape index (κ1) is 11.6. The van der Waals surface area contributed by atoms with Gasteiger partial charge in [-0.05, 0) is 26.0 Å². The van der Waals surface area contributed by atoms with Crippen molar-refractivity contribution in [1.82, 2.24) is 0 Å². The zero-order valence-corrected chi connectivity index (χ0v) is 9.34. The van der Waals surface area contributed by atoms with Gasteiger partial charge in [-0.25, -0.2) is 0 Å². The van der Waals surface area contributed by atoms with Gasteiger partial charge in [0.1, 0.15) is 0 Å². The number of anilines is 1. The largest absolute Gasteiger partial charge is 0.481 e. The molecule has 0 unspecified atom stereocenters. The Morgan fingerprint density at radius 3 is 2.60 bits per heavy atom. The molecule has 0 spiro atoms. The molecule has 0 fully saturated rings. The van der Waals surface area contributed by atoms with E-state index < -0.39 is 0 Å². The fraction of sp³-hybridized carbons (Fsp3) is 0.417. The van der Waals surface area contributed by atoms with Crippen LogP contribution in [0.15, 0.2) is 24.3 Å². The Hall–Kier alpha value is -1.51. The number of aryl methyl sites for hydroxylation is 1. The van der Waals surface area contributed by atoms with Gasteiger partial charge in [0, 0.05) is 18.7 Å². The molecule has 1 rings (SSSR count). The van der Waals surface area contributed by atoms with Crippen LogP contribution in [0.25, 0.3) is 0 Å². The molecule has 0 saturated carbocycles. The molecule has 0 aliphatic carbocycles. The average Bonchev–Trinajstić information content (AvgIpc) is 2.21. The van der Waals surface area contributed by atoms with Crippen LogP contribution < -0.4 is 5.32 Å². The summed E-state index contributed by atoms with van der Waals surface area (Å²) in [4.78, 5) is 0. The fourth-order valence-electron chi connectivity index (χ4n) is 1.24. The highest BCUT2D eigenvalue weighted by atomic mass is 16.5. The summed E-state index contributed by atoms with van der Waals surface area (Å²) < 4.78 is 5.04. The van der Waals surface area contributed by atoms with E-state index in [1.54, 1.807) is 0 Å². The first-order valence-corrected chi connectivity index (χ1v) is 5.23. The quantitative estimate of drug-likeness (QED) is 0.574. The van der Waals surface area contributed by atoms with Crippen LogP contribution in [0.3, 0.4) is 0 Å². The van der Waals surface area contributed by atoms with E-state index in [9.17, 15) is 0 Å². The van der Waals surface area contributed by atoms with Crippen molar-refractivity contribution in [3.05, 3.63) is 29.8 Å². The smallest absolute Gasteiger partial charge is 0.182 e. The van der Waals surface area contributed by atoms with Crippen molar-refractivity contribution in [3.63, 3.8) is 0 Å². The first-order valence-electron chi connectivity index (χ1n) is 5.23. The predicted octanol–water partition coefficient (Wildman–Crippen LogP) is 2.81. The highest BCUT2D eigenvalue weighted by Crippen LogP contribution is 2.08. The van der Waals surface area contributed by atoms with Crippen molar-refractivity contribution in [2.75, 3.05) is 18.5 Å². The Bertz CT molecular complexity index is 306. The summed E-state index contributed by atoms with van der Waals surface area (Å²) in [5, 5.41) is 10.7. The zero-order valence-electron chi connectivity index (χ0n) is 9.34. The predicted molar refractivity (Wildman–Crippen MR) is 63.6 cm³/mol. The van der Waals surface area contributed by atoms with Gasteiger partial charge >= 0.3 is 0 Å². The summed E-state index contributed by atoms with van der Waals surface area (Å²) in [6.45, 7) is 5.27. The van der Waals surface area contributed by atoms with E-state index >= 15 is 0 Å². The van der Waals surface area contributed by atoms with Crippen LogP contribution in [-0.4, -0.2) is 19.0 Å². The summed E-state index contributed by atoms with van der Waals surface area (Å²) in [6, 6.07) is 8.21. The normalized spacial score (nSPS) is 9.73. The van der Waals surface area contributed by atoms with Crippen molar-refractivity contribution in [1.29, 1.82) is 5.41 Å². The number of rotatable bonds is 5. The van der Waals surface area contributed by atoms with E-state index in [1.807, 2.05) is 19.1 Å². The molecule has 0 heterocycles. The zero-order chi connectivity index (χ0) is 11.1. The molecule has 0 aromatic heterocycles. The van der Waals surface area contributed by atoms with E-state index in [2.05, 4.69) is 24.4 Å². The Labute approximate surface area is 91.0 Å². The van der Waals surface area contributed by atoms with Gasteiger partial charge in [0.05, 0.1) is 6.61 Å². The van der Waals surface area contributed by atoms with Gasteiger partial charge in [0.15, 0.2) is 5.90 Å². The molecule has 82 valence electrons. The number of hydrogen-bond donors (Lipinski definition) is 2. The lowest BCUT2D eigenvalue weighted by molar-refractivity contribution is 0.315. The number of ether oxygens (including phenoxy) is 1. The molecule has 0 atom stereocenters. The van der Waals surface area contributed by atoms with Crippen LogP contribution in [-0.2, 0) is 4.74 Å². The molecule has 0 amide bonds. The fourth-order valence-corrected chi connectivity index (χ4v) is 1.24. The molecule has 0 aliphatic heterocycles. The lowest BCUT2D eigenvalue weighted by Crippen LogP contribution is -2.10. The molecule has 0 radical (unpaired) electrons. The maximum Gasteiger partial charge on any atom is 0.182 e. The molecule has 2 N–H and O–H groups in total. The molecule has 0 aliphatic rings. The van der Waals surface area contributed by atoms with E-state index in [0.29, 0.717) is 18.9 Å². The van der Waals surface area contributed by atoms with Crippen molar-refractivity contribution in [3.8, 4) is 0 Å². The van der Waals surface area contributed by atoms with Gasteiger partial charge in [0.2, 0.25) is 0 Å². The second-order valence-electron chi connectivity index (χ2n) is 3.40. The van der Waals surface area contributed by atoms with E-state index in [4.69, 9.17) is 10.1 Å². The standard InChI is InChI=1S/C12H18N2O/c1-3-15-12(13)8-9-14-11-6-4-10(2)5-7-11/h4-7,13-14H,3,8-9H2,1-2H3. The van der Waals surface area contributed by atoms with Crippen molar-refractivity contribution in [2.45, 2.75) is 20.3 Å². The minimum atomic E-state index is 0.345. The van der Waals surface area contributed by atoms with Crippen LogP contribution in [0.5, 0.6) is 0 Å². The highest BCUT2D eigenvalue weighted by Gasteiger charge is 1.96. The Balaban J connectivity index is 2.26. The van der Waals surface area contributed by atoms with Gasteiger partial charge in [-0.2, -0.15) is 0 Å². The second-order valence-corrected chi connectivity index (χ2v) is 3.40. The van der Waals surface area contributed by atoms with Crippen molar-refractivity contribution in [2.24, 2.45) is 0 Å². The number of nitrogens with one attached hydrogen (secondary N) is 2. The lowest BCUT2D eigenvalue weighted by atomic mass is 10.2. The van der Waals surface area contributed by atoms with Crippen molar-refractivity contribution >= 4 is 11.6 Å². The first-order chi connectivity index (χ1) is 7.22. The topological polar surface area (TPSA) is 45.1 Å². The summed E-state index contributed by atoms with van der Waals surface area (Å²) >= 11 is 0. The van der Waals surface area contributed by atoms with E-state index in [1.165, 1.54) is 5.56 Å². The van der Waals surface area contributed by atoms with Gasteiger partial charge in [-0.1, -0.05) is 17.7 Å². The van der Waals surface area contributed by atoms with Crippen LogP contribution in [0, 0.1) is 12.3 Å². The third-order valence-electron chi connectivity index (χ3n) is 2.05. The molecule has 3 heteroatoms. The van der Waals surface area contributed by atoms with Crippen molar-refractivity contribution < 1.29 is 4.74 Å². The summed E-state index contributed by atoms with van der Waals surface area (Å²) in [5.74, 6) is 0.345. The third kappa shape index (κ3) is 4.49. The molecule has 0 bridgehead atoms. The van der Waals surface area contributed by atoms with Crippen LogP contribution in [0.2, 0.25) is 0 Å². The van der Waals surface area contributed by atoms with Gasteiger partial charge in [-0.15, -0.1) is 0 Å². The summed E-state index contributed by atoms with van der Waals surface area (Å²) in [6.07, 6.45) is 0.627. The Morgan fingerprint density at radius 1 is 1.33 bits per heavy atom. The molecule has 1 aromatic rings. The van der Waals surface area contributed by atoms with Gasteiger partial charge < -0.3 is 10.1 Å². The van der Waals surface area contributed by atoms with Gasteiger partial charge in [-0.3, -0.25) is 5.41 Å². The van der Waals surface area contributed by atoms with E-state index in [0.717, 1.165) is 12.2 Å². The van der Waals surface area contributed by atoms with Crippen LogP contribution in [0.1, 0.15) is 18.9 Å². The Morgan fingerprint density at radius 2 is 2.00 bits per heavy atom. The molecule has 3 nitrogen and oxygen atoms in total. The molecular formula is C12H18N2O. The van der Waals surface area contributed by atoms with Crippen LogP contribution in [0.4, 0.5) is 5.69 Å². The van der Waals surface area contributed by atoms with Crippen LogP contribution >= 0.6 is 0 Å². The number of hydrogen-bond acceptors (Lipinski definition) is 3. The minimum absolute atomic E-state index is 0.345. The maximum absolute atomic E-state index is 7.43. The third-order valence-corrected chi connectivity index (χ3v) is 2.05.